The number of halogens is 2. The van der Waals surface area contributed by atoms with E-state index in [2.05, 4.69) is 15.5 Å². The molecule has 0 saturated carbocycles. The molecule has 5 nitrogen and oxygen atoms in total. The molecule has 3 aromatic rings. The van der Waals surface area contributed by atoms with Crippen LogP contribution in [0.1, 0.15) is 16.1 Å². The summed E-state index contributed by atoms with van der Waals surface area (Å²) >= 11 is 0. The van der Waals surface area contributed by atoms with E-state index in [-0.39, 0.29) is 12.4 Å². The van der Waals surface area contributed by atoms with Crippen molar-refractivity contribution in [1.82, 2.24) is 10.2 Å². The Balaban J connectivity index is 1.98. The van der Waals surface area contributed by atoms with E-state index in [1.54, 1.807) is 0 Å². The molecule has 128 valence electrons. The number of hydrogen-bond donors (Lipinski definition) is 2. The van der Waals surface area contributed by atoms with Gasteiger partial charge < -0.3 is 10.1 Å². The normalized spacial score (nSPS) is 10.7. The fraction of sp³-hybridized carbons (Fsp3) is 0.111. The third-order valence-corrected chi connectivity index (χ3v) is 3.62. The van der Waals surface area contributed by atoms with Crippen LogP contribution in [-0.4, -0.2) is 23.2 Å². The molecule has 0 saturated heterocycles. The number of nitrogens with zero attached hydrogens (tertiary/aromatic N) is 1. The van der Waals surface area contributed by atoms with Crippen molar-refractivity contribution in [3.63, 3.8) is 0 Å². The smallest absolute Gasteiger partial charge is 0.259 e. The molecule has 7 heteroatoms. The quantitative estimate of drug-likeness (QED) is 0.741. The molecule has 2 N–H and O–H groups in total. The molecule has 1 amide bonds. The number of anilines is 1. The van der Waals surface area contributed by atoms with Crippen LogP contribution in [0.5, 0.6) is 0 Å². The molecule has 0 aliphatic carbocycles. The Hall–Kier alpha value is -3.06. The highest BCUT2D eigenvalue weighted by Gasteiger charge is 2.20. The Morgan fingerprint density at radius 2 is 1.92 bits per heavy atom. The van der Waals surface area contributed by atoms with Gasteiger partial charge in [-0.1, -0.05) is 36.4 Å². The summed E-state index contributed by atoms with van der Waals surface area (Å²) in [6, 6.07) is 12.7. The average molecular weight is 343 g/mol. The van der Waals surface area contributed by atoms with Crippen molar-refractivity contribution in [2.24, 2.45) is 0 Å². The van der Waals surface area contributed by atoms with Crippen LogP contribution in [0.15, 0.2) is 48.5 Å². The highest BCUT2D eigenvalue weighted by molar-refractivity contribution is 6.05. The topological polar surface area (TPSA) is 67.0 Å². The van der Waals surface area contributed by atoms with Crippen molar-refractivity contribution in [2.45, 2.75) is 6.61 Å². The van der Waals surface area contributed by atoms with E-state index in [9.17, 15) is 13.6 Å². The Bertz CT molecular complexity index is 895. The number of H-pyrrole nitrogens is 1. The van der Waals surface area contributed by atoms with Crippen molar-refractivity contribution < 1.29 is 18.3 Å². The zero-order chi connectivity index (χ0) is 17.8. The molecule has 0 bridgehead atoms. The lowest BCUT2D eigenvalue weighted by atomic mass is 10.1. The average Bonchev–Trinajstić information content (AvgIpc) is 3.00. The lowest BCUT2D eigenvalue weighted by molar-refractivity contribution is 0.102. The molecular weight excluding hydrogens is 328 g/mol. The second kappa shape index (κ2) is 7.23. The molecule has 0 spiro atoms. The molecule has 2 aromatic carbocycles. The van der Waals surface area contributed by atoms with Crippen LogP contribution >= 0.6 is 0 Å². The van der Waals surface area contributed by atoms with E-state index in [4.69, 9.17) is 4.74 Å². The number of amides is 1. The fourth-order valence-electron chi connectivity index (χ4n) is 2.49. The Labute approximate surface area is 142 Å². The van der Waals surface area contributed by atoms with Crippen LogP contribution in [0.4, 0.5) is 14.6 Å². The molecule has 0 aliphatic heterocycles. The van der Waals surface area contributed by atoms with Gasteiger partial charge in [-0.2, -0.15) is 5.10 Å². The molecule has 3 rings (SSSR count). The summed E-state index contributed by atoms with van der Waals surface area (Å²) in [7, 11) is 1.54. The number of methoxy groups -OCH3 is 1. The zero-order valence-corrected chi connectivity index (χ0v) is 13.3. The largest absolute Gasteiger partial charge is 0.378 e. The number of benzene rings is 2. The van der Waals surface area contributed by atoms with E-state index >= 15 is 0 Å². The SMILES string of the molecule is COCc1[nH]nc(NC(=O)c2cccc(F)c2F)c1-c1ccccc1. The highest BCUT2D eigenvalue weighted by atomic mass is 19.2. The summed E-state index contributed by atoms with van der Waals surface area (Å²) in [6.45, 7) is 0.251. The molecule has 1 heterocycles. The minimum absolute atomic E-state index is 0.215. The summed E-state index contributed by atoms with van der Waals surface area (Å²) in [5.74, 6) is -2.86. The number of ether oxygens (including phenoxy) is 1. The molecule has 0 unspecified atom stereocenters. The second-order valence-corrected chi connectivity index (χ2v) is 5.28. The Morgan fingerprint density at radius 1 is 1.16 bits per heavy atom. The maximum absolute atomic E-state index is 13.8. The second-order valence-electron chi connectivity index (χ2n) is 5.28. The Morgan fingerprint density at radius 3 is 2.64 bits per heavy atom. The molecule has 0 fully saturated rings. The summed E-state index contributed by atoms with van der Waals surface area (Å²) in [5.41, 5.74) is 1.70. The third kappa shape index (κ3) is 3.41. The molecule has 25 heavy (non-hydrogen) atoms. The van der Waals surface area contributed by atoms with Gasteiger partial charge in [0.05, 0.1) is 17.9 Å². The van der Waals surface area contributed by atoms with Gasteiger partial charge in [-0.05, 0) is 17.7 Å². The van der Waals surface area contributed by atoms with Crippen molar-refractivity contribution in [1.29, 1.82) is 0 Å². The molecule has 1 aromatic heterocycles. The van der Waals surface area contributed by atoms with Crippen LogP contribution in [0.3, 0.4) is 0 Å². The zero-order valence-electron chi connectivity index (χ0n) is 13.3. The van der Waals surface area contributed by atoms with Gasteiger partial charge in [-0.25, -0.2) is 8.78 Å². The van der Waals surface area contributed by atoms with Crippen molar-refractivity contribution in [2.75, 3.05) is 12.4 Å². The fourth-order valence-corrected chi connectivity index (χ4v) is 2.49. The number of aromatic nitrogens is 2. The van der Waals surface area contributed by atoms with E-state index in [1.165, 1.54) is 19.2 Å². The van der Waals surface area contributed by atoms with Gasteiger partial charge in [0, 0.05) is 12.7 Å². The van der Waals surface area contributed by atoms with E-state index in [0.29, 0.717) is 11.3 Å². The molecular formula is C18H15F2N3O2. The summed E-state index contributed by atoms with van der Waals surface area (Å²) in [5, 5.41) is 9.40. The lowest BCUT2D eigenvalue weighted by Crippen LogP contribution is -2.15. The standard InChI is InChI=1S/C18H15F2N3O2/c1-25-10-14-15(11-6-3-2-4-7-11)17(23-22-14)21-18(24)12-8-5-9-13(19)16(12)20/h2-9H,10H2,1H3,(H2,21,22,23,24). The maximum atomic E-state index is 13.8. The van der Waals surface area contributed by atoms with Gasteiger partial charge in [-0.15, -0.1) is 0 Å². The first-order chi connectivity index (χ1) is 12.1. The van der Waals surface area contributed by atoms with Crippen LogP contribution in [-0.2, 0) is 11.3 Å². The van der Waals surface area contributed by atoms with E-state index in [1.807, 2.05) is 30.3 Å². The van der Waals surface area contributed by atoms with E-state index in [0.717, 1.165) is 11.6 Å². The van der Waals surface area contributed by atoms with Gasteiger partial charge in [0.1, 0.15) is 0 Å². The number of carbonyl (C=O) groups is 1. The molecule has 0 aliphatic rings. The van der Waals surface area contributed by atoms with Gasteiger partial charge in [0.25, 0.3) is 5.91 Å². The van der Waals surface area contributed by atoms with Crippen molar-refractivity contribution in [3.8, 4) is 11.1 Å². The third-order valence-electron chi connectivity index (χ3n) is 3.62. The number of carbonyl (C=O) groups excluding carboxylic acids is 1. The maximum Gasteiger partial charge on any atom is 0.259 e. The van der Waals surface area contributed by atoms with Crippen LogP contribution in [0.2, 0.25) is 0 Å². The minimum Gasteiger partial charge on any atom is -0.378 e. The number of aromatic amines is 1. The van der Waals surface area contributed by atoms with Crippen LogP contribution < -0.4 is 5.32 Å². The minimum atomic E-state index is -1.20. The number of nitrogens with one attached hydrogen (secondary N) is 2. The van der Waals surface area contributed by atoms with Crippen molar-refractivity contribution >= 4 is 11.7 Å². The number of hydrogen-bond acceptors (Lipinski definition) is 3. The predicted octanol–water partition coefficient (Wildman–Crippen LogP) is 3.75. The first-order valence-electron chi connectivity index (χ1n) is 7.48. The monoisotopic (exact) mass is 343 g/mol. The molecule has 0 radical (unpaired) electrons. The van der Waals surface area contributed by atoms with Crippen LogP contribution in [0.25, 0.3) is 11.1 Å². The first-order valence-corrected chi connectivity index (χ1v) is 7.48. The summed E-state index contributed by atoms with van der Waals surface area (Å²) < 4.78 is 32.3. The van der Waals surface area contributed by atoms with E-state index < -0.39 is 23.1 Å². The van der Waals surface area contributed by atoms with Crippen molar-refractivity contribution in [3.05, 3.63) is 71.4 Å². The summed E-state index contributed by atoms with van der Waals surface area (Å²) in [4.78, 5) is 12.3. The molecule has 0 atom stereocenters. The predicted molar refractivity (Wildman–Crippen MR) is 89.0 cm³/mol. The first kappa shape index (κ1) is 16.8. The van der Waals surface area contributed by atoms with Gasteiger partial charge >= 0.3 is 0 Å². The van der Waals surface area contributed by atoms with Gasteiger partial charge in [0.15, 0.2) is 17.5 Å². The van der Waals surface area contributed by atoms with Crippen LogP contribution in [0, 0.1) is 11.6 Å². The van der Waals surface area contributed by atoms with Gasteiger partial charge in [0.2, 0.25) is 0 Å². The summed E-state index contributed by atoms with van der Waals surface area (Å²) in [6.07, 6.45) is 0. The highest BCUT2D eigenvalue weighted by Crippen LogP contribution is 2.30. The lowest BCUT2D eigenvalue weighted by Gasteiger charge is -2.08. The number of rotatable bonds is 5. The van der Waals surface area contributed by atoms with Gasteiger partial charge in [-0.3, -0.25) is 9.89 Å². The Kier molecular flexibility index (Phi) is 4.85.